The van der Waals surface area contributed by atoms with E-state index in [9.17, 15) is 38.0 Å². The van der Waals surface area contributed by atoms with Crippen molar-refractivity contribution in [3.05, 3.63) is 68.0 Å². The van der Waals surface area contributed by atoms with Gasteiger partial charge in [0.25, 0.3) is 5.09 Å². The van der Waals surface area contributed by atoms with Crippen molar-refractivity contribution < 1.29 is 52.0 Å². The van der Waals surface area contributed by atoms with Crippen LogP contribution in [0.15, 0.2) is 46.8 Å². The van der Waals surface area contributed by atoms with E-state index < -0.39 is 65.0 Å². The SMILES string of the molecule is COC(=O)C1=C(C)NC(C)=C(C(=O)[C@]2(O)CO[C@@H]3[C@H](O[N+](=O)[O-])CO[C@@H]32)C1c1cccc(C(F)(F)F)c1. The highest BCUT2D eigenvalue weighted by atomic mass is 19.4. The Morgan fingerprint density at radius 1 is 1.22 bits per heavy atom. The number of hydrogen-bond donors (Lipinski definition) is 2. The fourth-order valence-corrected chi connectivity index (χ4v) is 5.03. The number of hydrogen-bond acceptors (Lipinski definition) is 10. The number of alkyl halides is 3. The van der Waals surface area contributed by atoms with Gasteiger partial charge in [-0.1, -0.05) is 18.2 Å². The van der Waals surface area contributed by atoms with Crippen LogP contribution >= 0.6 is 0 Å². The average Bonchev–Trinajstić information content (AvgIpc) is 3.38. The van der Waals surface area contributed by atoms with Gasteiger partial charge in [0.05, 0.1) is 31.5 Å². The summed E-state index contributed by atoms with van der Waals surface area (Å²) in [5.74, 6) is -3.23. The molecule has 5 atom stereocenters. The monoisotopic (exact) mass is 528 g/mol. The summed E-state index contributed by atoms with van der Waals surface area (Å²) in [4.78, 5) is 42.0. The number of ketones is 1. The van der Waals surface area contributed by atoms with Crippen molar-refractivity contribution in [2.75, 3.05) is 20.3 Å². The molecule has 200 valence electrons. The maximum Gasteiger partial charge on any atom is 0.416 e. The van der Waals surface area contributed by atoms with Crippen LogP contribution in [0.4, 0.5) is 13.2 Å². The van der Waals surface area contributed by atoms with Crippen LogP contribution in [0.1, 0.15) is 30.9 Å². The van der Waals surface area contributed by atoms with E-state index in [-0.39, 0.29) is 34.7 Å². The molecule has 3 aliphatic heterocycles. The number of carbonyl (C=O) groups excluding carboxylic acids is 2. The summed E-state index contributed by atoms with van der Waals surface area (Å²) in [6.07, 6.45) is -8.42. The molecule has 2 saturated heterocycles. The second-order valence-electron chi connectivity index (χ2n) is 8.90. The van der Waals surface area contributed by atoms with Crippen LogP contribution in [0.5, 0.6) is 0 Å². The Kier molecular flexibility index (Phi) is 6.77. The molecule has 0 spiro atoms. The normalized spacial score (nSPS) is 29.6. The first kappa shape index (κ1) is 26.6. The van der Waals surface area contributed by atoms with Gasteiger partial charge in [0, 0.05) is 22.9 Å². The summed E-state index contributed by atoms with van der Waals surface area (Å²) >= 11 is 0. The van der Waals surface area contributed by atoms with Gasteiger partial charge in [0.1, 0.15) is 12.2 Å². The van der Waals surface area contributed by atoms with Crippen LogP contribution in [-0.4, -0.2) is 66.2 Å². The Morgan fingerprint density at radius 3 is 2.51 bits per heavy atom. The van der Waals surface area contributed by atoms with Gasteiger partial charge in [-0.25, -0.2) is 4.79 Å². The molecule has 0 aromatic heterocycles. The lowest BCUT2D eigenvalue weighted by atomic mass is 9.74. The Hall–Kier alpha value is -3.49. The van der Waals surface area contributed by atoms with E-state index in [4.69, 9.17) is 14.2 Å². The highest BCUT2D eigenvalue weighted by Crippen LogP contribution is 2.45. The van der Waals surface area contributed by atoms with Crippen LogP contribution in [0.3, 0.4) is 0 Å². The minimum atomic E-state index is -4.70. The fourth-order valence-electron chi connectivity index (χ4n) is 5.03. The van der Waals surface area contributed by atoms with Gasteiger partial charge in [0.2, 0.25) is 0 Å². The van der Waals surface area contributed by atoms with Gasteiger partial charge in [-0.2, -0.15) is 13.2 Å². The van der Waals surface area contributed by atoms with E-state index in [1.165, 1.54) is 19.9 Å². The van der Waals surface area contributed by atoms with Crippen molar-refractivity contribution >= 4 is 11.8 Å². The molecule has 2 fully saturated rings. The molecule has 0 bridgehead atoms. The largest absolute Gasteiger partial charge is 0.466 e. The summed E-state index contributed by atoms with van der Waals surface area (Å²) in [7, 11) is 1.09. The molecule has 3 heterocycles. The number of allylic oxidation sites excluding steroid dienone is 2. The second kappa shape index (κ2) is 9.43. The summed E-state index contributed by atoms with van der Waals surface area (Å²) in [5, 5.41) is 24.1. The molecule has 37 heavy (non-hydrogen) atoms. The number of halogens is 3. The summed E-state index contributed by atoms with van der Waals surface area (Å²) in [6, 6.07) is 4.14. The lowest BCUT2D eigenvalue weighted by molar-refractivity contribution is -0.769. The molecule has 1 unspecified atom stereocenters. The van der Waals surface area contributed by atoms with E-state index in [1.54, 1.807) is 0 Å². The topological polar surface area (TPSA) is 146 Å². The zero-order valence-corrected chi connectivity index (χ0v) is 19.8. The molecule has 3 aliphatic rings. The smallest absolute Gasteiger partial charge is 0.416 e. The van der Waals surface area contributed by atoms with Crippen molar-refractivity contribution in [2.24, 2.45) is 0 Å². The summed E-state index contributed by atoms with van der Waals surface area (Å²) in [6.45, 7) is 2.00. The first-order valence-corrected chi connectivity index (χ1v) is 11.0. The minimum Gasteiger partial charge on any atom is -0.466 e. The number of dihydropyridines is 1. The Bertz CT molecular complexity index is 1210. The number of Topliss-reactive ketones (excluding diaryl/α,β-unsaturated/α-hetero) is 1. The molecule has 4 rings (SSSR count). The van der Waals surface area contributed by atoms with Crippen molar-refractivity contribution in [2.45, 2.75) is 49.9 Å². The fraction of sp³-hybridized carbons (Fsp3) is 0.478. The quantitative estimate of drug-likeness (QED) is 0.318. The average molecular weight is 528 g/mol. The molecule has 11 nitrogen and oxygen atoms in total. The van der Waals surface area contributed by atoms with Gasteiger partial charge in [-0.15, -0.1) is 10.1 Å². The molecule has 14 heteroatoms. The number of nitrogens with one attached hydrogen (secondary N) is 1. The van der Waals surface area contributed by atoms with Crippen LogP contribution < -0.4 is 5.32 Å². The lowest BCUT2D eigenvalue weighted by Crippen LogP contribution is -2.53. The number of carbonyl (C=O) groups is 2. The Balaban J connectivity index is 1.80. The second-order valence-corrected chi connectivity index (χ2v) is 8.90. The van der Waals surface area contributed by atoms with E-state index >= 15 is 0 Å². The first-order chi connectivity index (χ1) is 17.3. The van der Waals surface area contributed by atoms with E-state index in [0.29, 0.717) is 0 Å². The first-order valence-electron chi connectivity index (χ1n) is 11.0. The van der Waals surface area contributed by atoms with Crippen molar-refractivity contribution in [3.8, 4) is 0 Å². The number of nitrogens with zero attached hydrogens (tertiary/aromatic N) is 1. The number of fused-ring (bicyclic) bond motifs is 1. The molecule has 0 saturated carbocycles. The van der Waals surface area contributed by atoms with E-state index in [2.05, 4.69) is 10.2 Å². The van der Waals surface area contributed by atoms with E-state index in [0.717, 1.165) is 25.3 Å². The number of esters is 1. The molecule has 0 aliphatic carbocycles. The van der Waals surface area contributed by atoms with Gasteiger partial charge in [0.15, 0.2) is 17.5 Å². The summed E-state index contributed by atoms with van der Waals surface area (Å²) < 4.78 is 56.3. The van der Waals surface area contributed by atoms with Crippen LogP contribution in [0.25, 0.3) is 0 Å². The third-order valence-electron chi connectivity index (χ3n) is 6.64. The lowest BCUT2D eigenvalue weighted by Gasteiger charge is -2.35. The van der Waals surface area contributed by atoms with Crippen molar-refractivity contribution in [3.63, 3.8) is 0 Å². The minimum absolute atomic E-state index is 0.0419. The highest BCUT2D eigenvalue weighted by Gasteiger charge is 2.62. The van der Waals surface area contributed by atoms with Crippen molar-refractivity contribution in [1.29, 1.82) is 0 Å². The van der Waals surface area contributed by atoms with Crippen LogP contribution in [-0.2, 0) is 34.8 Å². The molecule has 2 N–H and O–H groups in total. The predicted octanol–water partition coefficient (Wildman–Crippen LogP) is 1.79. The Labute approximate surface area is 207 Å². The zero-order valence-electron chi connectivity index (χ0n) is 19.8. The molecular formula is C23H23F3N2O9. The predicted molar refractivity (Wildman–Crippen MR) is 116 cm³/mol. The Morgan fingerprint density at radius 2 is 1.89 bits per heavy atom. The number of ether oxygens (including phenoxy) is 3. The maximum atomic E-state index is 14.0. The molecule has 0 amide bonds. The molecule has 1 aromatic carbocycles. The molecular weight excluding hydrogens is 505 g/mol. The number of methoxy groups -OCH3 is 1. The van der Waals surface area contributed by atoms with Crippen LogP contribution in [0, 0.1) is 10.1 Å². The number of benzene rings is 1. The standard InChI is InChI=1S/C23H23F3N2O9/c1-10-15(19(29)22(31)9-36-18-14(37-28(32)33)8-35-20(18)22)17(16(11(2)27-10)21(30)34-3)12-5-4-6-13(7-12)23(24,25)26/h4-7,14,17-18,20,27,31H,8-9H2,1-3H3/t14-,17?,18-,20+,22-/m1/s1. The van der Waals surface area contributed by atoms with Gasteiger partial charge in [-0.3, -0.25) is 4.79 Å². The van der Waals surface area contributed by atoms with Gasteiger partial charge in [-0.05, 0) is 25.5 Å². The summed E-state index contributed by atoms with van der Waals surface area (Å²) in [5.41, 5.74) is -3.34. The molecule has 0 radical (unpaired) electrons. The van der Waals surface area contributed by atoms with Gasteiger partial charge < -0.3 is 29.5 Å². The highest BCUT2D eigenvalue weighted by molar-refractivity contribution is 6.08. The number of aliphatic hydroxyl groups is 1. The third kappa shape index (κ3) is 4.55. The van der Waals surface area contributed by atoms with Crippen LogP contribution in [0.2, 0.25) is 0 Å². The van der Waals surface area contributed by atoms with Gasteiger partial charge >= 0.3 is 12.1 Å². The van der Waals surface area contributed by atoms with Crippen molar-refractivity contribution in [1.82, 2.24) is 5.32 Å². The maximum absolute atomic E-state index is 14.0. The zero-order chi connectivity index (χ0) is 27.3. The third-order valence-corrected chi connectivity index (χ3v) is 6.64. The van der Waals surface area contributed by atoms with E-state index in [1.807, 2.05) is 0 Å². The number of rotatable bonds is 6. The molecule has 1 aromatic rings.